The fraction of sp³-hybridized carbons (Fsp3) is 0.556. The Hall–Kier alpha value is -1.42. The molecule has 0 aliphatic carbocycles. The third-order valence-electron chi connectivity index (χ3n) is 4.01. The first kappa shape index (κ1) is 22.6. The maximum absolute atomic E-state index is 14.0. The SMILES string of the molecule is C=CC(OCc1cc(F)c(C(C)C)c(F)c1)C(O)C(O)C(O)C(O)CO. The summed E-state index contributed by atoms with van der Waals surface area (Å²) in [4.78, 5) is 0. The summed E-state index contributed by atoms with van der Waals surface area (Å²) >= 11 is 0. The Balaban J connectivity index is 2.82. The normalized spacial score (nSPS) is 17.6. The van der Waals surface area contributed by atoms with Gasteiger partial charge in [-0.2, -0.15) is 0 Å². The van der Waals surface area contributed by atoms with E-state index >= 15 is 0 Å². The number of benzene rings is 1. The van der Waals surface area contributed by atoms with Gasteiger partial charge in [-0.05, 0) is 23.6 Å². The van der Waals surface area contributed by atoms with Crippen molar-refractivity contribution in [3.05, 3.63) is 47.5 Å². The quantitative estimate of drug-likeness (QED) is 0.383. The summed E-state index contributed by atoms with van der Waals surface area (Å²) in [5, 5.41) is 47.6. The molecule has 0 amide bonds. The van der Waals surface area contributed by atoms with Crippen molar-refractivity contribution < 1.29 is 39.1 Å². The molecule has 0 aliphatic rings. The predicted molar refractivity (Wildman–Crippen MR) is 90.3 cm³/mol. The minimum atomic E-state index is -1.84. The highest BCUT2D eigenvalue weighted by Crippen LogP contribution is 2.24. The number of hydrogen-bond acceptors (Lipinski definition) is 6. The molecule has 148 valence electrons. The molecule has 0 aromatic heterocycles. The molecular weight excluding hydrogens is 350 g/mol. The fourth-order valence-electron chi connectivity index (χ4n) is 2.50. The third kappa shape index (κ3) is 5.54. The van der Waals surface area contributed by atoms with Crippen molar-refractivity contribution in [1.29, 1.82) is 0 Å². The van der Waals surface area contributed by atoms with Crippen LogP contribution in [0.15, 0.2) is 24.8 Å². The second kappa shape index (κ2) is 10.1. The highest BCUT2D eigenvalue weighted by atomic mass is 19.1. The Morgan fingerprint density at radius 3 is 2.00 bits per heavy atom. The molecule has 0 heterocycles. The number of rotatable bonds is 10. The van der Waals surface area contributed by atoms with E-state index in [4.69, 9.17) is 9.84 Å². The van der Waals surface area contributed by atoms with Crippen molar-refractivity contribution in [2.75, 3.05) is 6.61 Å². The van der Waals surface area contributed by atoms with Gasteiger partial charge in [0, 0.05) is 5.56 Å². The van der Waals surface area contributed by atoms with Crippen LogP contribution in [0.2, 0.25) is 0 Å². The van der Waals surface area contributed by atoms with E-state index in [9.17, 15) is 29.2 Å². The van der Waals surface area contributed by atoms with Crippen LogP contribution < -0.4 is 0 Å². The summed E-state index contributed by atoms with van der Waals surface area (Å²) in [6.07, 6.45) is -7.05. The van der Waals surface area contributed by atoms with Crippen LogP contribution >= 0.6 is 0 Å². The van der Waals surface area contributed by atoms with Gasteiger partial charge in [-0.3, -0.25) is 0 Å². The number of ether oxygens (including phenoxy) is 1. The lowest BCUT2D eigenvalue weighted by atomic mass is 9.99. The Kier molecular flexibility index (Phi) is 8.75. The standard InChI is InChI=1S/C18H26F2O6/c1-4-14(17(24)18(25)16(23)13(22)7-21)26-8-10-5-11(19)15(9(2)3)12(20)6-10/h4-6,9,13-14,16-18,21-25H,1,7-8H2,2-3H3. The zero-order valence-electron chi connectivity index (χ0n) is 14.7. The molecule has 0 aliphatic heterocycles. The van der Waals surface area contributed by atoms with Gasteiger partial charge < -0.3 is 30.3 Å². The predicted octanol–water partition coefficient (Wildman–Crippen LogP) is 0.595. The molecule has 5 unspecified atom stereocenters. The molecule has 26 heavy (non-hydrogen) atoms. The Morgan fingerprint density at radius 1 is 1.04 bits per heavy atom. The van der Waals surface area contributed by atoms with Crippen molar-refractivity contribution in [2.45, 2.75) is 56.9 Å². The largest absolute Gasteiger partial charge is 0.394 e. The first-order chi connectivity index (χ1) is 12.1. The highest BCUT2D eigenvalue weighted by molar-refractivity contribution is 5.28. The van der Waals surface area contributed by atoms with Gasteiger partial charge >= 0.3 is 0 Å². The highest BCUT2D eigenvalue weighted by Gasteiger charge is 2.34. The van der Waals surface area contributed by atoms with E-state index in [0.717, 1.165) is 18.2 Å². The number of aliphatic hydroxyl groups excluding tert-OH is 5. The smallest absolute Gasteiger partial charge is 0.129 e. The zero-order chi connectivity index (χ0) is 20.0. The first-order valence-electron chi connectivity index (χ1n) is 8.19. The Labute approximate surface area is 151 Å². The monoisotopic (exact) mass is 376 g/mol. The molecule has 0 saturated carbocycles. The summed E-state index contributed by atoms with van der Waals surface area (Å²) in [5.41, 5.74) is 0.138. The van der Waals surface area contributed by atoms with Gasteiger partial charge in [0.15, 0.2) is 0 Å². The summed E-state index contributed by atoms with van der Waals surface area (Å²) in [6, 6.07) is 2.23. The van der Waals surface area contributed by atoms with Crippen LogP contribution in [-0.4, -0.2) is 62.7 Å². The Bertz CT molecular complexity index is 572. The molecule has 0 radical (unpaired) electrons. The van der Waals surface area contributed by atoms with Crippen LogP contribution in [0.25, 0.3) is 0 Å². The van der Waals surface area contributed by atoms with E-state index in [1.165, 1.54) is 0 Å². The second-order valence-corrected chi connectivity index (χ2v) is 6.36. The molecule has 0 bridgehead atoms. The van der Waals surface area contributed by atoms with Crippen molar-refractivity contribution in [3.63, 3.8) is 0 Å². The molecule has 0 spiro atoms. The van der Waals surface area contributed by atoms with Crippen LogP contribution in [0.1, 0.15) is 30.9 Å². The third-order valence-corrected chi connectivity index (χ3v) is 4.01. The van der Waals surface area contributed by atoms with Crippen LogP contribution in [-0.2, 0) is 11.3 Å². The summed E-state index contributed by atoms with van der Waals surface area (Å²) in [7, 11) is 0. The summed E-state index contributed by atoms with van der Waals surface area (Å²) in [6.45, 7) is 5.66. The van der Waals surface area contributed by atoms with Gasteiger partial charge in [0.25, 0.3) is 0 Å². The number of halogens is 2. The van der Waals surface area contributed by atoms with Gasteiger partial charge in [-0.1, -0.05) is 19.9 Å². The molecule has 6 nitrogen and oxygen atoms in total. The van der Waals surface area contributed by atoms with E-state index in [-0.39, 0.29) is 23.7 Å². The lowest BCUT2D eigenvalue weighted by Crippen LogP contribution is -2.50. The maximum Gasteiger partial charge on any atom is 0.129 e. The second-order valence-electron chi connectivity index (χ2n) is 6.36. The van der Waals surface area contributed by atoms with Crippen LogP contribution in [0.3, 0.4) is 0 Å². The molecular formula is C18H26F2O6. The molecule has 8 heteroatoms. The van der Waals surface area contributed by atoms with Crippen LogP contribution in [0.4, 0.5) is 8.78 Å². The van der Waals surface area contributed by atoms with Gasteiger partial charge in [-0.25, -0.2) is 8.78 Å². The first-order valence-corrected chi connectivity index (χ1v) is 8.19. The zero-order valence-corrected chi connectivity index (χ0v) is 14.7. The van der Waals surface area contributed by atoms with Crippen molar-refractivity contribution in [1.82, 2.24) is 0 Å². The topological polar surface area (TPSA) is 110 Å². The van der Waals surface area contributed by atoms with Crippen molar-refractivity contribution in [2.24, 2.45) is 0 Å². The van der Waals surface area contributed by atoms with E-state index in [1.54, 1.807) is 13.8 Å². The van der Waals surface area contributed by atoms with E-state index in [1.807, 2.05) is 0 Å². The van der Waals surface area contributed by atoms with E-state index < -0.39 is 48.8 Å². The molecule has 1 aromatic carbocycles. The fourth-order valence-corrected chi connectivity index (χ4v) is 2.50. The average molecular weight is 376 g/mol. The van der Waals surface area contributed by atoms with E-state index in [0.29, 0.717) is 0 Å². The van der Waals surface area contributed by atoms with Gasteiger partial charge in [0.05, 0.1) is 13.2 Å². The van der Waals surface area contributed by atoms with E-state index in [2.05, 4.69) is 6.58 Å². The average Bonchev–Trinajstić information content (AvgIpc) is 2.58. The number of hydrogen-bond donors (Lipinski definition) is 5. The minimum absolute atomic E-state index is 0.0365. The van der Waals surface area contributed by atoms with Crippen LogP contribution in [0, 0.1) is 11.6 Å². The summed E-state index contributed by atoms with van der Waals surface area (Å²) in [5.74, 6) is -1.76. The van der Waals surface area contributed by atoms with Crippen molar-refractivity contribution >= 4 is 0 Å². The lowest BCUT2D eigenvalue weighted by molar-refractivity contribution is -0.143. The van der Waals surface area contributed by atoms with Gasteiger partial charge in [0.2, 0.25) is 0 Å². The summed E-state index contributed by atoms with van der Waals surface area (Å²) < 4.78 is 33.3. The molecule has 1 rings (SSSR count). The maximum atomic E-state index is 14.0. The number of aliphatic hydroxyl groups is 5. The Morgan fingerprint density at radius 2 is 1.58 bits per heavy atom. The molecule has 0 saturated heterocycles. The molecule has 0 fully saturated rings. The minimum Gasteiger partial charge on any atom is -0.394 e. The molecule has 5 N–H and O–H groups in total. The van der Waals surface area contributed by atoms with Gasteiger partial charge in [-0.15, -0.1) is 6.58 Å². The molecule has 1 aromatic rings. The van der Waals surface area contributed by atoms with Gasteiger partial charge in [0.1, 0.15) is 42.2 Å². The van der Waals surface area contributed by atoms with Crippen LogP contribution in [0.5, 0.6) is 0 Å². The molecule has 5 atom stereocenters. The van der Waals surface area contributed by atoms with Crippen molar-refractivity contribution in [3.8, 4) is 0 Å². The lowest BCUT2D eigenvalue weighted by Gasteiger charge is -2.29.